The topological polar surface area (TPSA) is 103 Å². The number of nitrogens with one attached hydrogen (secondary N) is 2. The summed E-state index contributed by atoms with van der Waals surface area (Å²) in [5, 5.41) is 5.61. The lowest BCUT2D eigenvalue weighted by Crippen LogP contribution is -2.46. The number of carbonyl (C=O) groups is 3. The molecular weight excluding hydrogens is 412 g/mol. The number of ether oxygens (including phenoxy) is 3. The van der Waals surface area contributed by atoms with Gasteiger partial charge in [-0.3, -0.25) is 4.79 Å². The monoisotopic (exact) mass is 436 g/mol. The smallest absolute Gasteiger partial charge is 0.337 e. The second-order valence-corrected chi connectivity index (χ2v) is 7.59. The number of rotatable bonds is 6. The SMILES string of the molecule is COC(=O)c1ccc(COc2ccc([C@H]3NC(=O)NC4=C3C(=O)CCC4)cc2OC)cc1. The summed E-state index contributed by atoms with van der Waals surface area (Å²) >= 11 is 0. The summed E-state index contributed by atoms with van der Waals surface area (Å²) < 4.78 is 16.1. The van der Waals surface area contributed by atoms with Gasteiger partial charge in [-0.1, -0.05) is 18.2 Å². The van der Waals surface area contributed by atoms with Gasteiger partial charge in [0.1, 0.15) is 6.61 Å². The first-order valence-corrected chi connectivity index (χ1v) is 10.3. The van der Waals surface area contributed by atoms with Gasteiger partial charge in [0.25, 0.3) is 0 Å². The van der Waals surface area contributed by atoms with Crippen molar-refractivity contribution in [2.24, 2.45) is 0 Å². The van der Waals surface area contributed by atoms with Crippen molar-refractivity contribution in [2.75, 3.05) is 14.2 Å². The normalized spacial score (nSPS) is 17.8. The van der Waals surface area contributed by atoms with Crippen molar-refractivity contribution in [3.63, 3.8) is 0 Å². The largest absolute Gasteiger partial charge is 0.493 e. The highest BCUT2D eigenvalue weighted by Crippen LogP contribution is 2.37. The molecule has 2 aromatic carbocycles. The molecule has 166 valence electrons. The lowest BCUT2D eigenvalue weighted by atomic mass is 9.85. The highest BCUT2D eigenvalue weighted by Gasteiger charge is 2.34. The third-order valence-electron chi connectivity index (χ3n) is 5.58. The molecule has 8 heteroatoms. The van der Waals surface area contributed by atoms with Crippen molar-refractivity contribution in [3.05, 3.63) is 70.4 Å². The van der Waals surface area contributed by atoms with Crippen LogP contribution in [0.25, 0.3) is 0 Å². The third kappa shape index (κ3) is 4.30. The molecule has 1 heterocycles. The second kappa shape index (κ2) is 9.13. The number of amides is 2. The standard InChI is InChI=1S/C24H24N2O6/c1-30-20-12-16(22-21-17(25-24(29)26-22)4-3-5-18(21)27)10-11-19(20)32-13-14-6-8-15(9-7-14)23(28)31-2/h6-12,22H,3-5,13H2,1-2H3,(H2,25,26,29)/t22-/m1/s1. The van der Waals surface area contributed by atoms with E-state index in [-0.39, 0.29) is 18.4 Å². The number of methoxy groups -OCH3 is 2. The maximum Gasteiger partial charge on any atom is 0.337 e. The van der Waals surface area contributed by atoms with Crippen LogP contribution in [0.1, 0.15) is 46.8 Å². The Morgan fingerprint density at radius 2 is 1.81 bits per heavy atom. The molecule has 8 nitrogen and oxygen atoms in total. The van der Waals surface area contributed by atoms with Crippen molar-refractivity contribution in [3.8, 4) is 11.5 Å². The van der Waals surface area contributed by atoms with Crippen LogP contribution in [-0.4, -0.2) is 32.0 Å². The van der Waals surface area contributed by atoms with Gasteiger partial charge in [-0.2, -0.15) is 0 Å². The first-order valence-electron chi connectivity index (χ1n) is 10.3. The van der Waals surface area contributed by atoms with E-state index in [9.17, 15) is 14.4 Å². The zero-order valence-corrected chi connectivity index (χ0v) is 17.9. The van der Waals surface area contributed by atoms with Crippen molar-refractivity contribution < 1.29 is 28.6 Å². The molecule has 1 atom stereocenters. The number of hydrogen-bond acceptors (Lipinski definition) is 6. The Morgan fingerprint density at radius 3 is 2.53 bits per heavy atom. The number of urea groups is 1. The second-order valence-electron chi connectivity index (χ2n) is 7.59. The lowest BCUT2D eigenvalue weighted by molar-refractivity contribution is -0.116. The predicted octanol–water partition coefficient (Wildman–Crippen LogP) is 3.42. The minimum atomic E-state index is -0.527. The molecule has 1 aliphatic carbocycles. The van der Waals surface area contributed by atoms with Crippen molar-refractivity contribution in [2.45, 2.75) is 31.9 Å². The summed E-state index contributed by atoms with van der Waals surface area (Å²) in [4.78, 5) is 36.2. The molecule has 0 unspecified atom stereocenters. The molecule has 2 N–H and O–H groups in total. The average molecular weight is 436 g/mol. The van der Waals surface area contributed by atoms with E-state index >= 15 is 0 Å². The zero-order valence-electron chi connectivity index (χ0n) is 17.9. The highest BCUT2D eigenvalue weighted by atomic mass is 16.5. The van der Waals surface area contributed by atoms with Crippen LogP contribution < -0.4 is 20.1 Å². The third-order valence-corrected chi connectivity index (χ3v) is 5.58. The van der Waals surface area contributed by atoms with Crippen LogP contribution in [0.5, 0.6) is 11.5 Å². The Labute approximate surface area is 185 Å². The maximum absolute atomic E-state index is 12.6. The maximum atomic E-state index is 12.6. The van der Waals surface area contributed by atoms with E-state index in [1.54, 1.807) is 36.4 Å². The van der Waals surface area contributed by atoms with Crippen LogP contribution in [0.4, 0.5) is 4.79 Å². The number of ketones is 1. The van der Waals surface area contributed by atoms with E-state index in [0.29, 0.717) is 41.2 Å². The molecule has 4 rings (SSSR count). The Hall–Kier alpha value is -3.81. The van der Waals surface area contributed by atoms with Gasteiger partial charge in [0.15, 0.2) is 17.3 Å². The number of Topliss-reactive ketones (excluding diaryl/α,β-unsaturated/α-hetero) is 1. The summed E-state index contributed by atoms with van der Waals surface area (Å²) in [5.41, 5.74) is 3.39. The summed E-state index contributed by atoms with van der Waals surface area (Å²) in [7, 11) is 2.88. The molecule has 1 aliphatic heterocycles. The predicted molar refractivity (Wildman–Crippen MR) is 115 cm³/mol. The summed E-state index contributed by atoms with van der Waals surface area (Å²) in [6, 6.07) is 11.5. The molecule has 0 radical (unpaired) electrons. The van der Waals surface area contributed by atoms with Gasteiger partial charge in [0.2, 0.25) is 0 Å². The van der Waals surface area contributed by atoms with Crippen molar-refractivity contribution in [1.29, 1.82) is 0 Å². The number of carbonyl (C=O) groups excluding carboxylic acids is 3. The van der Waals surface area contributed by atoms with E-state index in [1.807, 2.05) is 6.07 Å². The van der Waals surface area contributed by atoms with Gasteiger partial charge >= 0.3 is 12.0 Å². The van der Waals surface area contributed by atoms with E-state index < -0.39 is 12.0 Å². The molecule has 0 fully saturated rings. The summed E-state index contributed by atoms with van der Waals surface area (Å²) in [6.45, 7) is 0.273. The van der Waals surface area contributed by atoms with Crippen molar-refractivity contribution >= 4 is 17.8 Å². The van der Waals surface area contributed by atoms with Gasteiger partial charge in [0.05, 0.1) is 25.8 Å². The van der Waals surface area contributed by atoms with E-state index in [0.717, 1.165) is 17.5 Å². The van der Waals surface area contributed by atoms with Gasteiger partial charge in [-0.05, 0) is 48.2 Å². The van der Waals surface area contributed by atoms with Crippen LogP contribution in [-0.2, 0) is 16.1 Å². The van der Waals surface area contributed by atoms with Gasteiger partial charge in [-0.25, -0.2) is 9.59 Å². The average Bonchev–Trinajstić information content (AvgIpc) is 2.82. The number of allylic oxidation sites excluding steroid dienone is 1. The molecular formula is C24H24N2O6. The Balaban J connectivity index is 1.53. The highest BCUT2D eigenvalue weighted by molar-refractivity contribution is 6.01. The molecule has 2 amide bonds. The Kier molecular flexibility index (Phi) is 6.11. The van der Waals surface area contributed by atoms with Gasteiger partial charge in [0, 0.05) is 17.7 Å². The first kappa shape index (κ1) is 21.4. The van der Waals surface area contributed by atoms with Crippen molar-refractivity contribution in [1.82, 2.24) is 10.6 Å². The van der Waals surface area contributed by atoms with Crippen LogP contribution in [0, 0.1) is 0 Å². The van der Waals surface area contributed by atoms with Crippen LogP contribution >= 0.6 is 0 Å². The van der Waals surface area contributed by atoms with Gasteiger partial charge in [-0.15, -0.1) is 0 Å². The van der Waals surface area contributed by atoms with E-state index in [1.165, 1.54) is 14.2 Å². The van der Waals surface area contributed by atoms with Crippen LogP contribution in [0.15, 0.2) is 53.7 Å². The zero-order chi connectivity index (χ0) is 22.7. The summed E-state index contributed by atoms with van der Waals surface area (Å²) in [5.74, 6) is 0.664. The lowest BCUT2D eigenvalue weighted by Gasteiger charge is -2.32. The van der Waals surface area contributed by atoms with Crippen LogP contribution in [0.3, 0.4) is 0 Å². The fourth-order valence-electron chi connectivity index (χ4n) is 3.95. The number of hydrogen-bond donors (Lipinski definition) is 2. The quantitative estimate of drug-likeness (QED) is 0.673. The minimum Gasteiger partial charge on any atom is -0.493 e. The number of esters is 1. The van der Waals surface area contributed by atoms with E-state index in [4.69, 9.17) is 14.2 Å². The number of benzene rings is 2. The molecule has 0 saturated heterocycles. The summed E-state index contributed by atoms with van der Waals surface area (Å²) in [6.07, 6.45) is 1.89. The van der Waals surface area contributed by atoms with E-state index in [2.05, 4.69) is 10.6 Å². The Bertz CT molecular complexity index is 1090. The van der Waals surface area contributed by atoms with Crippen LogP contribution in [0.2, 0.25) is 0 Å². The molecule has 0 saturated carbocycles. The molecule has 0 aromatic heterocycles. The molecule has 32 heavy (non-hydrogen) atoms. The molecule has 2 aromatic rings. The molecule has 0 bridgehead atoms. The molecule has 2 aliphatic rings. The molecule has 0 spiro atoms. The van der Waals surface area contributed by atoms with Gasteiger partial charge < -0.3 is 24.8 Å². The minimum absolute atomic E-state index is 0.0402. The first-order chi connectivity index (χ1) is 15.5. The fourth-order valence-corrected chi connectivity index (χ4v) is 3.95. The fraction of sp³-hybridized carbons (Fsp3) is 0.292. The Morgan fingerprint density at radius 1 is 1.03 bits per heavy atom.